The lowest BCUT2D eigenvalue weighted by Crippen LogP contribution is -2.38. The number of fused-ring (bicyclic) bond motifs is 5. The fourth-order valence-corrected chi connectivity index (χ4v) is 9.58. The van der Waals surface area contributed by atoms with Gasteiger partial charge in [0.2, 0.25) is 17.5 Å². The Morgan fingerprint density at radius 3 is 2.75 bits per heavy atom. The maximum atomic E-state index is 10.1. The summed E-state index contributed by atoms with van der Waals surface area (Å²) in [7, 11) is 2.16. The summed E-state index contributed by atoms with van der Waals surface area (Å²) in [6.07, 6.45) is 8.63. The van der Waals surface area contributed by atoms with Gasteiger partial charge in [-0.2, -0.15) is 10.2 Å². The molecule has 2 aliphatic carbocycles. The summed E-state index contributed by atoms with van der Waals surface area (Å²) in [6, 6.07) is 2.87. The van der Waals surface area contributed by atoms with Crippen LogP contribution in [0.4, 0.5) is 5.00 Å². The van der Waals surface area contributed by atoms with Crippen LogP contribution < -0.4 is 10.5 Å². The summed E-state index contributed by atoms with van der Waals surface area (Å²) < 4.78 is 20.8. The zero-order chi connectivity index (χ0) is 30.2. The molecule has 8 rings (SSSR count). The Hall–Kier alpha value is -3.53. The number of ether oxygens (including phenoxy) is 2. The number of anilines is 1. The molecule has 2 N–H and O–H groups in total. The van der Waals surface area contributed by atoms with Crippen molar-refractivity contribution in [3.63, 3.8) is 0 Å². The van der Waals surface area contributed by atoms with E-state index in [4.69, 9.17) is 39.8 Å². The molecule has 0 unspecified atom stereocenters. The van der Waals surface area contributed by atoms with Gasteiger partial charge in [0.05, 0.1) is 23.9 Å². The second-order valence-corrected chi connectivity index (χ2v) is 14.1. The van der Waals surface area contributed by atoms with Crippen LogP contribution in [0.5, 0.6) is 5.88 Å². The monoisotopic (exact) mass is 614 g/mol. The number of nitrogens with zero attached hydrogens (tertiary/aromatic N) is 7. The summed E-state index contributed by atoms with van der Waals surface area (Å²) in [4.78, 5) is 18.7. The lowest BCUT2D eigenvalue weighted by molar-refractivity contribution is 0.118. The van der Waals surface area contributed by atoms with E-state index in [1.165, 1.54) is 4.88 Å². The molecule has 4 atom stereocenters. The van der Waals surface area contributed by atoms with Gasteiger partial charge in [-0.05, 0) is 90.8 Å². The number of aryl methyl sites for hydroxylation is 2. The van der Waals surface area contributed by atoms with Crippen molar-refractivity contribution < 1.29 is 14.0 Å². The van der Waals surface area contributed by atoms with E-state index in [2.05, 4.69) is 29.5 Å². The van der Waals surface area contributed by atoms with Gasteiger partial charge in [-0.15, -0.1) is 11.3 Å². The molecule has 4 aliphatic rings. The van der Waals surface area contributed by atoms with E-state index in [1.54, 1.807) is 11.3 Å². The number of rotatable bonds is 5. The van der Waals surface area contributed by atoms with Gasteiger partial charge in [-0.3, -0.25) is 4.90 Å². The van der Waals surface area contributed by atoms with Gasteiger partial charge in [-0.25, -0.2) is 9.97 Å². The molecule has 0 radical (unpaired) electrons. The molecule has 2 aliphatic heterocycles. The number of nitrogen functional groups attached to an aromatic ring is 1. The first-order valence-electron chi connectivity index (χ1n) is 15.9. The quantitative estimate of drug-likeness (QED) is 0.323. The van der Waals surface area contributed by atoms with Gasteiger partial charge in [-0.1, -0.05) is 5.16 Å². The maximum Gasteiger partial charge on any atom is 0.246 e. The minimum Gasteiger partial charge on any atom is -0.471 e. The van der Waals surface area contributed by atoms with Crippen LogP contribution in [-0.4, -0.2) is 68.5 Å². The van der Waals surface area contributed by atoms with Crippen LogP contribution in [0.15, 0.2) is 4.52 Å². The Morgan fingerprint density at radius 2 is 2.00 bits per heavy atom. The van der Waals surface area contributed by atoms with E-state index in [0.29, 0.717) is 52.8 Å². The highest BCUT2D eigenvalue weighted by Gasteiger charge is 2.48. The third-order valence-electron chi connectivity index (χ3n) is 10.5. The van der Waals surface area contributed by atoms with E-state index < -0.39 is 0 Å². The molecule has 12 heteroatoms. The lowest BCUT2D eigenvalue weighted by atomic mass is 9.62. The SMILES string of the molecule is Cc1nc2c(O[C@@H](C)[C@@H]3CCCN3C)nc(-c3onc4c3CCC[C@@]43CCCc4sc(N)c(C#N)c43)nc2n1[C@@H]1CCOC1. The third-order valence-corrected chi connectivity index (χ3v) is 11.5. The lowest BCUT2D eigenvalue weighted by Gasteiger charge is -2.39. The van der Waals surface area contributed by atoms with Crippen molar-refractivity contribution in [2.75, 3.05) is 32.5 Å². The van der Waals surface area contributed by atoms with Crippen molar-refractivity contribution >= 4 is 27.5 Å². The Morgan fingerprint density at radius 1 is 1.16 bits per heavy atom. The Bertz CT molecular complexity index is 1790. The summed E-state index contributed by atoms with van der Waals surface area (Å²) in [5, 5.41) is 15.5. The first-order chi connectivity index (χ1) is 21.4. The zero-order valence-corrected chi connectivity index (χ0v) is 26.4. The first-order valence-corrected chi connectivity index (χ1v) is 16.7. The van der Waals surface area contributed by atoms with Crippen LogP contribution in [-0.2, 0) is 23.0 Å². The molecule has 2 saturated heterocycles. The molecule has 230 valence electrons. The van der Waals surface area contributed by atoms with Crippen LogP contribution in [0, 0.1) is 18.3 Å². The molecule has 0 bridgehead atoms. The Labute approximate surface area is 260 Å². The molecule has 4 aromatic heterocycles. The first kappa shape index (κ1) is 28.0. The number of likely N-dealkylation sites (N-methyl/N-ethyl adjacent to an activating group) is 1. The number of thiophene rings is 1. The number of imidazole rings is 1. The fraction of sp³-hybridized carbons (Fsp3) is 0.594. The minimum absolute atomic E-state index is 0.0743. The molecule has 0 amide bonds. The molecule has 44 heavy (non-hydrogen) atoms. The summed E-state index contributed by atoms with van der Waals surface area (Å²) in [5.74, 6) is 2.39. The van der Waals surface area contributed by atoms with Crippen LogP contribution in [0.1, 0.15) is 91.0 Å². The zero-order valence-electron chi connectivity index (χ0n) is 25.6. The smallest absolute Gasteiger partial charge is 0.246 e. The van der Waals surface area contributed by atoms with Gasteiger partial charge in [0.1, 0.15) is 23.0 Å². The van der Waals surface area contributed by atoms with Crippen LogP contribution in [0.25, 0.3) is 22.7 Å². The van der Waals surface area contributed by atoms with Crippen LogP contribution >= 0.6 is 11.3 Å². The average molecular weight is 615 g/mol. The maximum absolute atomic E-state index is 10.1. The minimum atomic E-state index is -0.382. The third kappa shape index (κ3) is 4.12. The summed E-state index contributed by atoms with van der Waals surface area (Å²) >= 11 is 1.55. The number of nitrogens with two attached hydrogens (primary N) is 1. The van der Waals surface area contributed by atoms with E-state index in [-0.39, 0.29) is 17.6 Å². The molecule has 0 saturated carbocycles. The molecule has 4 aromatic rings. The van der Waals surface area contributed by atoms with Gasteiger partial charge in [0, 0.05) is 28.5 Å². The van der Waals surface area contributed by atoms with Crippen LogP contribution in [0.2, 0.25) is 0 Å². The van der Waals surface area contributed by atoms with Crippen molar-refractivity contribution in [2.24, 2.45) is 0 Å². The van der Waals surface area contributed by atoms with Gasteiger partial charge in [0.15, 0.2) is 11.2 Å². The highest BCUT2D eigenvalue weighted by atomic mass is 32.1. The number of nitriles is 1. The highest BCUT2D eigenvalue weighted by Crippen LogP contribution is 2.54. The molecular formula is C32H38N8O3S. The summed E-state index contributed by atoms with van der Waals surface area (Å²) in [6.45, 7) is 6.54. The van der Waals surface area contributed by atoms with E-state index in [1.807, 2.05) is 6.92 Å². The van der Waals surface area contributed by atoms with Gasteiger partial charge < -0.3 is 24.3 Å². The normalized spacial score (nSPS) is 25.8. The molecular weight excluding hydrogens is 576 g/mol. The molecule has 11 nitrogen and oxygen atoms in total. The van der Waals surface area contributed by atoms with Gasteiger partial charge >= 0.3 is 0 Å². The largest absolute Gasteiger partial charge is 0.471 e. The van der Waals surface area contributed by atoms with Crippen molar-refractivity contribution in [3.8, 4) is 23.5 Å². The topological polar surface area (TPSA) is 141 Å². The van der Waals surface area contributed by atoms with Crippen molar-refractivity contribution in [2.45, 2.75) is 95.2 Å². The molecule has 6 heterocycles. The van der Waals surface area contributed by atoms with E-state index >= 15 is 0 Å². The van der Waals surface area contributed by atoms with Crippen molar-refractivity contribution in [1.29, 1.82) is 5.26 Å². The van der Waals surface area contributed by atoms with Crippen LogP contribution in [0.3, 0.4) is 0 Å². The molecule has 0 aromatic carbocycles. The highest BCUT2D eigenvalue weighted by molar-refractivity contribution is 7.16. The standard InChI is InChI=1S/C32H38N8O3S/c1-17(22-8-6-13-39(22)3)42-31-25-30(40(18(2)35-25)19-10-14-41-16-19)36-29(37-31)26-20-7-4-11-32(27(20)38-43-26)12-5-9-23-24(32)21(15-33)28(34)44-23/h17,19,22H,4-14,16,34H2,1-3H3/t17-,19+,22-,32-/m0/s1. The second-order valence-electron chi connectivity index (χ2n) is 13.0. The molecule has 2 fully saturated rings. The predicted octanol–water partition coefficient (Wildman–Crippen LogP) is 5.09. The number of hydrogen-bond acceptors (Lipinski definition) is 11. The predicted molar refractivity (Wildman–Crippen MR) is 166 cm³/mol. The van der Waals surface area contributed by atoms with Crippen molar-refractivity contribution in [1.82, 2.24) is 29.6 Å². The second kappa shape index (κ2) is 10.5. The van der Waals surface area contributed by atoms with Gasteiger partial charge in [0.25, 0.3) is 0 Å². The number of aromatic nitrogens is 5. The van der Waals surface area contributed by atoms with Crippen molar-refractivity contribution in [3.05, 3.63) is 33.1 Å². The Balaban J connectivity index is 1.28. The fourth-order valence-electron chi connectivity index (χ4n) is 8.42. The summed E-state index contributed by atoms with van der Waals surface area (Å²) in [5.41, 5.74) is 11.0. The Kier molecular flexibility index (Phi) is 6.70. The number of hydrogen-bond donors (Lipinski definition) is 1. The molecule has 1 spiro atoms. The number of likely N-dealkylation sites (tertiary alicyclic amines) is 1. The van der Waals surface area contributed by atoms with E-state index in [0.717, 1.165) is 92.6 Å². The average Bonchev–Trinajstić information content (AvgIpc) is 3.83. The van der Waals surface area contributed by atoms with E-state index in [9.17, 15) is 5.26 Å².